The Bertz CT molecular complexity index is 695. The van der Waals surface area contributed by atoms with Gasteiger partial charge < -0.3 is 14.8 Å². The summed E-state index contributed by atoms with van der Waals surface area (Å²) in [5.74, 6) is 0.973. The third-order valence-corrected chi connectivity index (χ3v) is 4.43. The Kier molecular flexibility index (Phi) is 5.33. The van der Waals surface area contributed by atoms with Gasteiger partial charge in [0.15, 0.2) is 5.76 Å². The number of nitrogens with one attached hydrogen (secondary N) is 1. The molecule has 2 heterocycles. The van der Waals surface area contributed by atoms with Crippen molar-refractivity contribution in [2.24, 2.45) is 0 Å². The van der Waals surface area contributed by atoms with Crippen molar-refractivity contribution in [3.63, 3.8) is 0 Å². The van der Waals surface area contributed by atoms with Crippen LogP contribution in [0.3, 0.4) is 0 Å². The first-order valence-corrected chi connectivity index (χ1v) is 8.50. The van der Waals surface area contributed by atoms with Gasteiger partial charge in [0.2, 0.25) is 0 Å². The number of carbonyl (C=O) groups excluding carboxylic acids is 1. The number of β-amino-alcohol motifs (C(OH)–C–C–N with tert-alkyl or cyclic N) is 1. The van der Waals surface area contributed by atoms with Gasteiger partial charge in [-0.05, 0) is 29.7 Å². The molecule has 2 N–H and O–H groups in total. The Labute approximate surface area is 142 Å². The molecule has 0 spiro atoms. The van der Waals surface area contributed by atoms with E-state index in [1.165, 1.54) is 5.56 Å². The van der Waals surface area contributed by atoms with Crippen LogP contribution in [0, 0.1) is 0 Å². The van der Waals surface area contributed by atoms with Crippen LogP contribution in [0.2, 0.25) is 0 Å². The molecule has 3 rings (SSSR count). The second kappa shape index (κ2) is 7.64. The Balaban J connectivity index is 1.61. The summed E-state index contributed by atoms with van der Waals surface area (Å²) in [7, 11) is 0. The molecule has 1 amide bonds. The standard InChI is InChI=1S/C19H24N2O3/c1-2-17-7-8-18(24-17)19(23)20-11-14-5-3-4-6-15(14)12-21-10-9-16(22)13-21/h3-8,16,22H,2,9-13H2,1H3,(H,20,23)/t16-/m0/s1. The number of aryl methyl sites for hydroxylation is 1. The van der Waals surface area contributed by atoms with Gasteiger partial charge in [-0.15, -0.1) is 0 Å². The maximum absolute atomic E-state index is 12.2. The molecule has 1 saturated heterocycles. The molecule has 0 bridgehead atoms. The molecule has 5 heteroatoms. The monoisotopic (exact) mass is 328 g/mol. The fourth-order valence-corrected chi connectivity index (χ4v) is 3.03. The zero-order valence-corrected chi connectivity index (χ0v) is 14.0. The Morgan fingerprint density at radius 3 is 2.75 bits per heavy atom. The lowest BCUT2D eigenvalue weighted by Crippen LogP contribution is -2.25. The number of hydrogen-bond acceptors (Lipinski definition) is 4. The van der Waals surface area contributed by atoms with E-state index in [4.69, 9.17) is 4.42 Å². The van der Waals surface area contributed by atoms with Crippen LogP contribution in [0.4, 0.5) is 0 Å². The van der Waals surface area contributed by atoms with E-state index >= 15 is 0 Å². The fourth-order valence-electron chi connectivity index (χ4n) is 3.03. The lowest BCUT2D eigenvalue weighted by atomic mass is 10.1. The van der Waals surface area contributed by atoms with E-state index in [1.807, 2.05) is 31.2 Å². The van der Waals surface area contributed by atoms with Gasteiger partial charge in [-0.25, -0.2) is 0 Å². The molecule has 1 atom stereocenters. The van der Waals surface area contributed by atoms with Crippen molar-refractivity contribution in [3.05, 3.63) is 59.0 Å². The molecule has 1 aliphatic heterocycles. The highest BCUT2D eigenvalue weighted by Crippen LogP contribution is 2.17. The van der Waals surface area contributed by atoms with Crippen molar-refractivity contribution in [2.75, 3.05) is 13.1 Å². The number of carbonyl (C=O) groups is 1. The molecule has 1 fully saturated rings. The number of hydrogen-bond donors (Lipinski definition) is 2. The molecule has 2 aromatic rings. The van der Waals surface area contributed by atoms with E-state index in [0.717, 1.165) is 37.3 Å². The first kappa shape index (κ1) is 16.7. The highest BCUT2D eigenvalue weighted by Gasteiger charge is 2.20. The first-order chi connectivity index (χ1) is 11.7. The third kappa shape index (κ3) is 4.04. The van der Waals surface area contributed by atoms with Crippen molar-refractivity contribution in [3.8, 4) is 0 Å². The van der Waals surface area contributed by atoms with E-state index in [0.29, 0.717) is 18.8 Å². The van der Waals surface area contributed by atoms with Crippen LogP contribution in [0.1, 0.15) is 40.8 Å². The fraction of sp³-hybridized carbons (Fsp3) is 0.421. The van der Waals surface area contributed by atoms with Crippen LogP contribution < -0.4 is 5.32 Å². The highest BCUT2D eigenvalue weighted by atomic mass is 16.3. The van der Waals surface area contributed by atoms with Crippen LogP contribution in [-0.4, -0.2) is 35.1 Å². The Morgan fingerprint density at radius 2 is 2.08 bits per heavy atom. The lowest BCUT2D eigenvalue weighted by molar-refractivity contribution is 0.0921. The Morgan fingerprint density at radius 1 is 1.29 bits per heavy atom. The van der Waals surface area contributed by atoms with Crippen LogP contribution in [0.5, 0.6) is 0 Å². The van der Waals surface area contributed by atoms with Gasteiger partial charge in [-0.3, -0.25) is 9.69 Å². The molecule has 0 aliphatic carbocycles. The largest absolute Gasteiger partial charge is 0.456 e. The minimum absolute atomic E-state index is 0.193. The van der Waals surface area contributed by atoms with Crippen molar-refractivity contribution in [1.29, 1.82) is 0 Å². The maximum Gasteiger partial charge on any atom is 0.287 e. The molecule has 1 aromatic heterocycles. The molecule has 1 aliphatic rings. The summed E-state index contributed by atoms with van der Waals surface area (Å²) in [4.78, 5) is 14.4. The number of likely N-dealkylation sites (tertiary alicyclic amines) is 1. The molecule has 1 aromatic carbocycles. The topological polar surface area (TPSA) is 65.7 Å². The molecule has 5 nitrogen and oxygen atoms in total. The van der Waals surface area contributed by atoms with Crippen molar-refractivity contribution < 1.29 is 14.3 Å². The van der Waals surface area contributed by atoms with Crippen molar-refractivity contribution in [2.45, 2.75) is 39.0 Å². The average molecular weight is 328 g/mol. The van der Waals surface area contributed by atoms with E-state index in [9.17, 15) is 9.90 Å². The summed E-state index contributed by atoms with van der Waals surface area (Å²) < 4.78 is 5.48. The number of aliphatic hydroxyl groups is 1. The molecule has 128 valence electrons. The smallest absolute Gasteiger partial charge is 0.287 e. The normalized spacial score (nSPS) is 18.0. The van der Waals surface area contributed by atoms with Gasteiger partial charge in [0.25, 0.3) is 5.91 Å². The predicted octanol–water partition coefficient (Wildman–Crippen LogP) is 2.34. The van der Waals surface area contributed by atoms with Gasteiger partial charge in [0.1, 0.15) is 5.76 Å². The number of amides is 1. The summed E-state index contributed by atoms with van der Waals surface area (Å²) in [6.45, 7) is 4.88. The molecule has 0 saturated carbocycles. The number of aliphatic hydroxyl groups excluding tert-OH is 1. The quantitative estimate of drug-likeness (QED) is 0.854. The van der Waals surface area contributed by atoms with Gasteiger partial charge in [0.05, 0.1) is 6.10 Å². The summed E-state index contributed by atoms with van der Waals surface area (Å²) in [5, 5.41) is 12.6. The second-order valence-corrected chi connectivity index (χ2v) is 6.25. The van der Waals surface area contributed by atoms with Crippen LogP contribution in [0.15, 0.2) is 40.8 Å². The van der Waals surface area contributed by atoms with E-state index in [2.05, 4.69) is 16.3 Å². The molecule has 0 unspecified atom stereocenters. The Hall–Kier alpha value is -2.11. The van der Waals surface area contributed by atoms with E-state index in [-0.39, 0.29) is 12.0 Å². The highest BCUT2D eigenvalue weighted by molar-refractivity contribution is 5.91. The SMILES string of the molecule is CCc1ccc(C(=O)NCc2ccccc2CN2CC[C@H](O)C2)o1. The maximum atomic E-state index is 12.2. The lowest BCUT2D eigenvalue weighted by Gasteiger charge is -2.17. The molecular weight excluding hydrogens is 304 g/mol. The summed E-state index contributed by atoms with van der Waals surface area (Å²) >= 11 is 0. The summed E-state index contributed by atoms with van der Waals surface area (Å²) in [6.07, 6.45) is 1.39. The van der Waals surface area contributed by atoms with E-state index in [1.54, 1.807) is 6.07 Å². The third-order valence-electron chi connectivity index (χ3n) is 4.43. The van der Waals surface area contributed by atoms with Gasteiger partial charge in [-0.1, -0.05) is 31.2 Å². The van der Waals surface area contributed by atoms with Crippen LogP contribution in [-0.2, 0) is 19.5 Å². The number of nitrogens with zero attached hydrogens (tertiary/aromatic N) is 1. The van der Waals surface area contributed by atoms with E-state index < -0.39 is 0 Å². The minimum Gasteiger partial charge on any atom is -0.456 e. The first-order valence-electron chi connectivity index (χ1n) is 8.50. The summed E-state index contributed by atoms with van der Waals surface area (Å²) in [6, 6.07) is 11.6. The van der Waals surface area contributed by atoms with Gasteiger partial charge >= 0.3 is 0 Å². The van der Waals surface area contributed by atoms with Crippen molar-refractivity contribution >= 4 is 5.91 Å². The zero-order valence-electron chi connectivity index (χ0n) is 14.0. The number of furan rings is 1. The molecule has 0 radical (unpaired) electrons. The second-order valence-electron chi connectivity index (χ2n) is 6.25. The average Bonchev–Trinajstić information content (AvgIpc) is 3.23. The van der Waals surface area contributed by atoms with Crippen LogP contribution >= 0.6 is 0 Å². The van der Waals surface area contributed by atoms with Crippen molar-refractivity contribution in [1.82, 2.24) is 10.2 Å². The number of benzene rings is 1. The molecular formula is C19H24N2O3. The van der Waals surface area contributed by atoms with Gasteiger partial charge in [-0.2, -0.15) is 0 Å². The zero-order chi connectivity index (χ0) is 16.9. The van der Waals surface area contributed by atoms with Crippen LogP contribution in [0.25, 0.3) is 0 Å². The van der Waals surface area contributed by atoms with Gasteiger partial charge in [0, 0.05) is 32.6 Å². The predicted molar refractivity (Wildman–Crippen MR) is 91.6 cm³/mol. The summed E-state index contributed by atoms with van der Waals surface area (Å²) in [5.41, 5.74) is 2.27. The minimum atomic E-state index is -0.219. The number of rotatable bonds is 6. The molecule has 24 heavy (non-hydrogen) atoms.